The molecule has 5 nitrogen and oxygen atoms in total. The summed E-state index contributed by atoms with van der Waals surface area (Å²) in [5, 5.41) is 0. The smallest absolute Gasteiger partial charge is 0.306 e. The number of unbranched alkanes of at least 4 members (excludes halogenated alkanes) is 23. The lowest BCUT2D eigenvalue weighted by molar-refractivity contribution is -0.163. The van der Waals surface area contributed by atoms with Crippen molar-refractivity contribution >= 4 is 11.9 Å². The molecule has 0 bridgehead atoms. The van der Waals surface area contributed by atoms with Crippen LogP contribution in [0.3, 0.4) is 0 Å². The summed E-state index contributed by atoms with van der Waals surface area (Å²) in [5.41, 5.74) is 0. The molecule has 1 atom stereocenters. The molecule has 0 N–H and O–H groups in total. The minimum atomic E-state index is -0.548. The SMILES string of the molecule is CC/C=C\C/C=C\C/C=C\C/C=C\CCCCCCC(=O)OCC(COCCCCCCCCCC/C=C\C/C=C\CCCCC)OC(=O)CCCCCCCCCCC. The van der Waals surface area contributed by atoms with Crippen LogP contribution in [-0.2, 0) is 23.8 Å². The summed E-state index contributed by atoms with van der Waals surface area (Å²) in [6, 6.07) is 0. The first-order valence-corrected chi connectivity index (χ1v) is 25.5. The van der Waals surface area contributed by atoms with Crippen LogP contribution >= 0.6 is 0 Å². The summed E-state index contributed by atoms with van der Waals surface area (Å²) in [6.07, 6.45) is 64.8. The van der Waals surface area contributed by atoms with Crippen LogP contribution in [0.4, 0.5) is 0 Å². The number of hydrogen-bond acceptors (Lipinski definition) is 5. The van der Waals surface area contributed by atoms with Gasteiger partial charge in [-0.1, -0.05) is 209 Å². The maximum atomic E-state index is 12.7. The van der Waals surface area contributed by atoms with Gasteiger partial charge >= 0.3 is 11.9 Å². The Bertz CT molecular complexity index is 1080. The molecule has 0 saturated heterocycles. The van der Waals surface area contributed by atoms with Crippen LogP contribution in [0.15, 0.2) is 72.9 Å². The maximum Gasteiger partial charge on any atom is 0.306 e. The van der Waals surface area contributed by atoms with E-state index >= 15 is 0 Å². The van der Waals surface area contributed by atoms with Gasteiger partial charge in [0.1, 0.15) is 6.61 Å². The molecule has 0 aliphatic rings. The first-order valence-electron chi connectivity index (χ1n) is 25.5. The number of ether oxygens (including phenoxy) is 3. The number of rotatable bonds is 46. The zero-order chi connectivity index (χ0) is 43.5. The van der Waals surface area contributed by atoms with Gasteiger partial charge in [0.2, 0.25) is 0 Å². The molecule has 0 radical (unpaired) electrons. The number of esters is 2. The van der Waals surface area contributed by atoms with E-state index in [2.05, 4.69) is 93.7 Å². The van der Waals surface area contributed by atoms with E-state index in [1.54, 1.807) is 0 Å². The highest BCUT2D eigenvalue weighted by atomic mass is 16.6. The zero-order valence-corrected chi connectivity index (χ0v) is 39.7. The van der Waals surface area contributed by atoms with Crippen LogP contribution < -0.4 is 0 Å². The van der Waals surface area contributed by atoms with Gasteiger partial charge in [0, 0.05) is 19.4 Å². The van der Waals surface area contributed by atoms with Crippen LogP contribution in [0.2, 0.25) is 0 Å². The van der Waals surface area contributed by atoms with Crippen LogP contribution in [0.25, 0.3) is 0 Å². The molecule has 1 unspecified atom stereocenters. The lowest BCUT2D eigenvalue weighted by Gasteiger charge is -2.18. The third kappa shape index (κ3) is 48.0. The van der Waals surface area contributed by atoms with E-state index in [0.29, 0.717) is 19.4 Å². The van der Waals surface area contributed by atoms with Crippen molar-refractivity contribution in [2.75, 3.05) is 19.8 Å². The van der Waals surface area contributed by atoms with Crippen molar-refractivity contribution < 1.29 is 23.8 Å². The molecule has 0 amide bonds. The Morgan fingerprint density at radius 2 is 0.750 bits per heavy atom. The highest BCUT2D eigenvalue weighted by Crippen LogP contribution is 2.14. The number of hydrogen-bond donors (Lipinski definition) is 0. The van der Waals surface area contributed by atoms with Crippen molar-refractivity contribution in [3.05, 3.63) is 72.9 Å². The summed E-state index contributed by atoms with van der Waals surface area (Å²) in [6.45, 7) is 7.65. The third-order valence-corrected chi connectivity index (χ3v) is 10.7. The van der Waals surface area contributed by atoms with E-state index in [9.17, 15) is 9.59 Å². The van der Waals surface area contributed by atoms with Crippen molar-refractivity contribution in [1.29, 1.82) is 0 Å². The predicted octanol–water partition coefficient (Wildman–Crippen LogP) is 17.1. The molecule has 0 aromatic heterocycles. The zero-order valence-electron chi connectivity index (χ0n) is 39.7. The van der Waals surface area contributed by atoms with Crippen molar-refractivity contribution in [2.24, 2.45) is 0 Å². The Morgan fingerprint density at radius 3 is 1.23 bits per heavy atom. The third-order valence-electron chi connectivity index (χ3n) is 10.7. The highest BCUT2D eigenvalue weighted by Gasteiger charge is 2.17. The quantitative estimate of drug-likeness (QED) is 0.0347. The molecule has 60 heavy (non-hydrogen) atoms. The fourth-order valence-electron chi connectivity index (χ4n) is 6.94. The lowest BCUT2D eigenvalue weighted by Crippen LogP contribution is -2.30. The number of carbonyl (C=O) groups is 2. The lowest BCUT2D eigenvalue weighted by atomic mass is 10.1. The van der Waals surface area contributed by atoms with Gasteiger partial charge in [0.05, 0.1) is 6.61 Å². The Hall–Kier alpha value is -2.66. The monoisotopic (exact) mass is 837 g/mol. The summed E-state index contributed by atoms with van der Waals surface area (Å²) in [5.74, 6) is -0.427. The van der Waals surface area contributed by atoms with Crippen LogP contribution in [-0.4, -0.2) is 37.9 Å². The summed E-state index contributed by atoms with van der Waals surface area (Å²) in [7, 11) is 0. The Labute approximate surface area is 372 Å². The van der Waals surface area contributed by atoms with Crippen LogP contribution in [0, 0.1) is 0 Å². The molecule has 0 fully saturated rings. The Kier molecular flexibility index (Phi) is 48.4. The highest BCUT2D eigenvalue weighted by molar-refractivity contribution is 5.70. The first kappa shape index (κ1) is 57.3. The Morgan fingerprint density at radius 1 is 0.383 bits per heavy atom. The summed E-state index contributed by atoms with van der Waals surface area (Å²) in [4.78, 5) is 25.3. The minimum Gasteiger partial charge on any atom is -0.462 e. The molecular weight excluding hydrogens is 741 g/mol. The van der Waals surface area contributed by atoms with Crippen molar-refractivity contribution in [1.82, 2.24) is 0 Å². The second-order valence-corrected chi connectivity index (χ2v) is 16.7. The molecule has 0 aromatic rings. The van der Waals surface area contributed by atoms with Gasteiger partial charge in [-0.05, 0) is 89.9 Å². The van der Waals surface area contributed by atoms with Crippen LogP contribution in [0.5, 0.6) is 0 Å². The van der Waals surface area contributed by atoms with Gasteiger partial charge in [-0.3, -0.25) is 9.59 Å². The van der Waals surface area contributed by atoms with E-state index in [-0.39, 0.29) is 25.2 Å². The second kappa shape index (κ2) is 50.7. The number of carbonyl (C=O) groups excluding carboxylic acids is 2. The molecule has 346 valence electrons. The van der Waals surface area contributed by atoms with Crippen molar-refractivity contribution in [3.8, 4) is 0 Å². The maximum absolute atomic E-state index is 12.7. The largest absolute Gasteiger partial charge is 0.462 e. The van der Waals surface area contributed by atoms with E-state index in [1.165, 1.54) is 116 Å². The molecule has 0 saturated carbocycles. The minimum absolute atomic E-state index is 0.0696. The molecule has 0 aliphatic carbocycles. The standard InChI is InChI=1S/C55H96O5/c1-4-7-10-13-16-19-21-23-25-27-29-31-33-35-38-41-44-47-50-58-51-53(60-55(57)49-46-43-40-36-18-15-12-9-6-3)52-59-54(56)48-45-42-39-37-34-32-30-28-26-24-22-20-17-14-11-8-5-2/h8,11,16-17,19-20,23-26,30,32,53H,4-7,9-10,12-15,18,21-22,27-29,31,33-52H2,1-3H3/b11-8-,19-16-,20-17-,25-23-,26-24-,32-30-. The predicted molar refractivity (Wildman–Crippen MR) is 260 cm³/mol. The summed E-state index contributed by atoms with van der Waals surface area (Å²) < 4.78 is 17.3. The first-order chi connectivity index (χ1) is 29.6. The topological polar surface area (TPSA) is 61.8 Å². The average molecular weight is 837 g/mol. The normalized spacial score (nSPS) is 12.8. The number of allylic oxidation sites excluding steroid dienone is 12. The molecule has 5 heteroatoms. The fraction of sp³-hybridized carbons (Fsp3) is 0.745. The van der Waals surface area contributed by atoms with Gasteiger partial charge in [-0.2, -0.15) is 0 Å². The second-order valence-electron chi connectivity index (χ2n) is 16.7. The van der Waals surface area contributed by atoms with E-state index in [1.807, 2.05) is 0 Å². The molecule has 0 aliphatic heterocycles. The van der Waals surface area contributed by atoms with Crippen molar-refractivity contribution in [3.63, 3.8) is 0 Å². The molecular formula is C55H96O5. The van der Waals surface area contributed by atoms with Gasteiger partial charge < -0.3 is 14.2 Å². The molecule has 0 rings (SSSR count). The Balaban J connectivity index is 4.24. The molecule has 0 aromatic carbocycles. The van der Waals surface area contributed by atoms with Gasteiger partial charge in [-0.15, -0.1) is 0 Å². The van der Waals surface area contributed by atoms with E-state index < -0.39 is 6.10 Å². The van der Waals surface area contributed by atoms with Crippen molar-refractivity contribution in [2.45, 2.75) is 245 Å². The fourth-order valence-corrected chi connectivity index (χ4v) is 6.94. The van der Waals surface area contributed by atoms with Gasteiger partial charge in [0.15, 0.2) is 6.10 Å². The van der Waals surface area contributed by atoms with Gasteiger partial charge in [0.25, 0.3) is 0 Å². The van der Waals surface area contributed by atoms with E-state index in [0.717, 1.165) is 89.9 Å². The van der Waals surface area contributed by atoms with Crippen LogP contribution in [0.1, 0.15) is 239 Å². The molecule has 0 heterocycles. The van der Waals surface area contributed by atoms with E-state index in [4.69, 9.17) is 14.2 Å². The molecule has 0 spiro atoms. The average Bonchev–Trinajstić information content (AvgIpc) is 3.25. The van der Waals surface area contributed by atoms with Gasteiger partial charge in [-0.25, -0.2) is 0 Å². The summed E-state index contributed by atoms with van der Waals surface area (Å²) >= 11 is 0.